The summed E-state index contributed by atoms with van der Waals surface area (Å²) < 4.78 is 31.3. The number of aliphatic hydroxyl groups excluding tert-OH is 2. The van der Waals surface area contributed by atoms with Crippen LogP contribution >= 0.6 is 12.6 Å². The van der Waals surface area contributed by atoms with Gasteiger partial charge in [-0.2, -0.15) is 17.0 Å². The van der Waals surface area contributed by atoms with Crippen LogP contribution in [0.3, 0.4) is 0 Å². The fourth-order valence-corrected chi connectivity index (χ4v) is 1.44. The normalized spacial score (nSPS) is 14.6. The molecule has 0 saturated carbocycles. The molecule has 0 amide bonds. The standard InChI is InChI=1S/C10H12F2O3S/c1-15-7-3-2-5(8(11)9(7)12)10(14)6(13)4-16/h2-3,6,10,13-14,16H,4H2,1H3. The van der Waals surface area contributed by atoms with Crippen LogP contribution in [0, 0.1) is 11.6 Å². The van der Waals surface area contributed by atoms with Crippen molar-refractivity contribution < 1.29 is 23.7 Å². The molecule has 16 heavy (non-hydrogen) atoms. The molecule has 3 nitrogen and oxygen atoms in total. The lowest BCUT2D eigenvalue weighted by atomic mass is 10.0. The highest BCUT2D eigenvalue weighted by molar-refractivity contribution is 7.80. The number of aliphatic hydroxyl groups is 2. The van der Waals surface area contributed by atoms with Gasteiger partial charge in [0.25, 0.3) is 0 Å². The Morgan fingerprint density at radius 2 is 1.94 bits per heavy atom. The van der Waals surface area contributed by atoms with Gasteiger partial charge in [0.15, 0.2) is 11.6 Å². The molecule has 2 atom stereocenters. The number of benzene rings is 1. The van der Waals surface area contributed by atoms with E-state index in [1.54, 1.807) is 0 Å². The lowest BCUT2D eigenvalue weighted by Crippen LogP contribution is -2.21. The SMILES string of the molecule is COc1ccc(C(O)C(O)CS)c(F)c1F. The Labute approximate surface area is 97.1 Å². The van der Waals surface area contributed by atoms with Crippen molar-refractivity contribution in [3.8, 4) is 5.75 Å². The van der Waals surface area contributed by atoms with Crippen LogP contribution in [0.1, 0.15) is 11.7 Å². The highest BCUT2D eigenvalue weighted by Gasteiger charge is 2.24. The Bertz CT molecular complexity index is 373. The van der Waals surface area contributed by atoms with Crippen LogP contribution in [0.2, 0.25) is 0 Å². The van der Waals surface area contributed by atoms with Crippen molar-refractivity contribution in [3.05, 3.63) is 29.3 Å². The van der Waals surface area contributed by atoms with E-state index in [-0.39, 0.29) is 17.1 Å². The van der Waals surface area contributed by atoms with Crippen molar-refractivity contribution in [1.29, 1.82) is 0 Å². The van der Waals surface area contributed by atoms with Gasteiger partial charge in [0, 0.05) is 11.3 Å². The highest BCUT2D eigenvalue weighted by atomic mass is 32.1. The Kier molecular flexibility index (Phi) is 4.52. The maximum absolute atomic E-state index is 13.4. The van der Waals surface area contributed by atoms with E-state index in [1.807, 2.05) is 0 Å². The first-order valence-corrected chi connectivity index (χ1v) is 5.15. The third-order valence-electron chi connectivity index (χ3n) is 2.17. The average molecular weight is 250 g/mol. The lowest BCUT2D eigenvalue weighted by Gasteiger charge is -2.17. The molecular weight excluding hydrogens is 238 g/mol. The van der Waals surface area contributed by atoms with Gasteiger partial charge in [-0.05, 0) is 12.1 Å². The fraction of sp³-hybridized carbons (Fsp3) is 0.400. The Balaban J connectivity index is 3.11. The van der Waals surface area contributed by atoms with Crippen molar-refractivity contribution in [2.75, 3.05) is 12.9 Å². The number of ether oxygens (including phenoxy) is 1. The molecule has 0 saturated heterocycles. The lowest BCUT2D eigenvalue weighted by molar-refractivity contribution is 0.0310. The molecule has 0 aliphatic rings. The zero-order chi connectivity index (χ0) is 12.3. The van der Waals surface area contributed by atoms with E-state index in [2.05, 4.69) is 17.4 Å². The number of rotatable bonds is 4. The minimum atomic E-state index is -1.52. The van der Waals surface area contributed by atoms with Gasteiger partial charge in [-0.15, -0.1) is 0 Å². The smallest absolute Gasteiger partial charge is 0.200 e. The topological polar surface area (TPSA) is 49.7 Å². The van der Waals surface area contributed by atoms with Gasteiger partial charge >= 0.3 is 0 Å². The molecule has 0 aromatic heterocycles. The number of hydrogen-bond acceptors (Lipinski definition) is 4. The largest absolute Gasteiger partial charge is 0.494 e. The number of halogens is 2. The molecule has 90 valence electrons. The second-order valence-corrected chi connectivity index (χ2v) is 3.54. The van der Waals surface area contributed by atoms with Crippen LogP contribution in [0.25, 0.3) is 0 Å². The van der Waals surface area contributed by atoms with E-state index in [9.17, 15) is 19.0 Å². The minimum absolute atomic E-state index is 0.0613. The second-order valence-electron chi connectivity index (χ2n) is 3.18. The van der Waals surface area contributed by atoms with Crippen molar-refractivity contribution in [2.24, 2.45) is 0 Å². The Hall–Kier alpha value is -0.850. The summed E-state index contributed by atoms with van der Waals surface area (Å²) in [7, 11) is 1.20. The van der Waals surface area contributed by atoms with E-state index < -0.39 is 23.8 Å². The molecule has 0 spiro atoms. The zero-order valence-electron chi connectivity index (χ0n) is 8.52. The van der Waals surface area contributed by atoms with Gasteiger partial charge in [-0.1, -0.05) is 0 Å². The van der Waals surface area contributed by atoms with Crippen molar-refractivity contribution in [2.45, 2.75) is 12.2 Å². The zero-order valence-corrected chi connectivity index (χ0v) is 9.42. The molecule has 0 bridgehead atoms. The van der Waals surface area contributed by atoms with Crippen LogP contribution in [0.4, 0.5) is 8.78 Å². The van der Waals surface area contributed by atoms with E-state index in [4.69, 9.17) is 0 Å². The number of thiol groups is 1. The van der Waals surface area contributed by atoms with Crippen molar-refractivity contribution in [1.82, 2.24) is 0 Å². The molecule has 1 rings (SSSR count). The minimum Gasteiger partial charge on any atom is -0.494 e. The third kappa shape index (κ3) is 2.45. The van der Waals surface area contributed by atoms with Gasteiger partial charge in [0.1, 0.15) is 6.10 Å². The van der Waals surface area contributed by atoms with Crippen molar-refractivity contribution >= 4 is 12.6 Å². The maximum Gasteiger partial charge on any atom is 0.200 e. The molecule has 0 heterocycles. The first-order valence-electron chi connectivity index (χ1n) is 4.51. The molecule has 2 unspecified atom stereocenters. The van der Waals surface area contributed by atoms with E-state index >= 15 is 0 Å². The summed E-state index contributed by atoms with van der Waals surface area (Å²) in [4.78, 5) is 0. The summed E-state index contributed by atoms with van der Waals surface area (Å²) >= 11 is 3.75. The fourth-order valence-electron chi connectivity index (χ4n) is 1.24. The molecule has 0 aliphatic heterocycles. The third-order valence-corrected chi connectivity index (χ3v) is 2.54. The highest BCUT2D eigenvalue weighted by Crippen LogP contribution is 2.27. The average Bonchev–Trinajstić information content (AvgIpc) is 2.30. The Morgan fingerprint density at radius 3 is 2.44 bits per heavy atom. The van der Waals surface area contributed by atoms with Crippen LogP contribution in [0.5, 0.6) is 5.75 Å². The van der Waals surface area contributed by atoms with E-state index in [0.29, 0.717) is 0 Å². The quantitative estimate of drug-likeness (QED) is 0.706. The monoisotopic (exact) mass is 250 g/mol. The molecule has 0 radical (unpaired) electrons. The van der Waals surface area contributed by atoms with Crippen LogP contribution in [-0.4, -0.2) is 29.2 Å². The van der Waals surface area contributed by atoms with Gasteiger partial charge in [-0.25, -0.2) is 4.39 Å². The summed E-state index contributed by atoms with van der Waals surface area (Å²) in [5.41, 5.74) is -0.320. The first kappa shape index (κ1) is 13.2. The summed E-state index contributed by atoms with van der Waals surface area (Å²) in [5, 5.41) is 18.8. The van der Waals surface area contributed by atoms with E-state index in [0.717, 1.165) is 6.07 Å². The molecule has 2 N–H and O–H groups in total. The van der Waals surface area contributed by atoms with Gasteiger partial charge in [0.2, 0.25) is 5.82 Å². The Morgan fingerprint density at radius 1 is 1.31 bits per heavy atom. The number of methoxy groups -OCH3 is 1. The van der Waals surface area contributed by atoms with E-state index in [1.165, 1.54) is 13.2 Å². The van der Waals surface area contributed by atoms with Crippen LogP contribution in [-0.2, 0) is 0 Å². The van der Waals surface area contributed by atoms with Crippen LogP contribution < -0.4 is 4.74 Å². The predicted molar refractivity (Wildman–Crippen MR) is 57.7 cm³/mol. The van der Waals surface area contributed by atoms with Gasteiger partial charge in [-0.3, -0.25) is 0 Å². The molecule has 1 aromatic carbocycles. The summed E-state index contributed by atoms with van der Waals surface area (Å²) in [6.07, 6.45) is -2.77. The predicted octanol–water partition coefficient (Wildman–Crippen LogP) is 1.30. The maximum atomic E-state index is 13.4. The molecule has 0 fully saturated rings. The number of hydrogen-bond donors (Lipinski definition) is 3. The molecule has 6 heteroatoms. The van der Waals surface area contributed by atoms with Crippen molar-refractivity contribution in [3.63, 3.8) is 0 Å². The van der Waals surface area contributed by atoms with Crippen LogP contribution in [0.15, 0.2) is 12.1 Å². The second kappa shape index (κ2) is 5.47. The summed E-state index contributed by atoms with van der Waals surface area (Å²) in [6, 6.07) is 2.34. The first-order chi connectivity index (χ1) is 7.52. The molecule has 1 aromatic rings. The summed E-state index contributed by atoms with van der Waals surface area (Å²) in [5.74, 6) is -2.74. The molecule has 0 aliphatic carbocycles. The molecular formula is C10H12F2O3S. The van der Waals surface area contributed by atoms with Gasteiger partial charge in [0.05, 0.1) is 13.2 Å². The van der Waals surface area contributed by atoms with Gasteiger partial charge < -0.3 is 14.9 Å². The summed E-state index contributed by atoms with van der Waals surface area (Å²) in [6.45, 7) is 0.